The van der Waals surface area contributed by atoms with Crippen molar-refractivity contribution in [3.05, 3.63) is 40.5 Å². The number of nitrogens with one attached hydrogen (secondary N) is 1. The summed E-state index contributed by atoms with van der Waals surface area (Å²) in [5.74, 6) is 0.495. The number of nitrogens with zero attached hydrogens (tertiary/aromatic N) is 2. The summed E-state index contributed by atoms with van der Waals surface area (Å²) in [5.41, 5.74) is 0.776. The molecule has 1 N–H and O–H groups in total. The lowest BCUT2D eigenvalue weighted by Gasteiger charge is -2.07. The molecule has 0 saturated carbocycles. The summed E-state index contributed by atoms with van der Waals surface area (Å²) in [7, 11) is 1.32. The van der Waals surface area contributed by atoms with Crippen molar-refractivity contribution in [2.24, 2.45) is 0 Å². The van der Waals surface area contributed by atoms with Gasteiger partial charge in [0.1, 0.15) is 17.5 Å². The predicted molar refractivity (Wildman–Crippen MR) is 78.0 cm³/mol. The third-order valence-corrected chi connectivity index (χ3v) is 2.88. The molecule has 0 unspecified atom stereocenters. The quantitative estimate of drug-likeness (QED) is 0.694. The summed E-state index contributed by atoms with van der Waals surface area (Å²) in [6.45, 7) is 0.00387. The van der Waals surface area contributed by atoms with Crippen molar-refractivity contribution in [2.75, 3.05) is 19.0 Å². The Morgan fingerprint density at radius 3 is 2.60 bits per heavy atom. The Balaban J connectivity index is 2.24. The Labute approximate surface area is 125 Å². The van der Waals surface area contributed by atoms with E-state index in [1.807, 2.05) is 0 Å². The molecule has 0 amide bonds. The summed E-state index contributed by atoms with van der Waals surface area (Å²) in [6, 6.07) is 8.59. The maximum Gasteiger partial charge on any atom is 0.325 e. The highest BCUT2D eigenvalue weighted by Crippen LogP contribution is 2.21. The van der Waals surface area contributed by atoms with Gasteiger partial charge in [0.05, 0.1) is 7.11 Å². The van der Waals surface area contributed by atoms with Gasteiger partial charge in [0.2, 0.25) is 0 Å². The number of anilines is 1. The van der Waals surface area contributed by atoms with Gasteiger partial charge in [0.25, 0.3) is 0 Å². The maximum atomic E-state index is 11.1. The summed E-state index contributed by atoms with van der Waals surface area (Å²) >= 11 is 11.8. The molecule has 104 valence electrons. The molecule has 0 aliphatic carbocycles. The molecule has 0 bridgehead atoms. The van der Waals surface area contributed by atoms with Crippen LogP contribution in [0.3, 0.4) is 0 Å². The van der Waals surface area contributed by atoms with Crippen LogP contribution in [0.5, 0.6) is 0 Å². The second-order valence-corrected chi connectivity index (χ2v) is 4.66. The summed E-state index contributed by atoms with van der Waals surface area (Å²) < 4.78 is 4.54. The van der Waals surface area contributed by atoms with E-state index in [0.29, 0.717) is 16.7 Å². The highest BCUT2D eigenvalue weighted by atomic mass is 35.5. The Morgan fingerprint density at radius 2 is 1.95 bits per heavy atom. The van der Waals surface area contributed by atoms with Crippen molar-refractivity contribution in [3.8, 4) is 11.4 Å². The number of carbonyl (C=O) groups excluding carboxylic acids is 1. The molecule has 0 radical (unpaired) electrons. The zero-order valence-corrected chi connectivity index (χ0v) is 12.1. The van der Waals surface area contributed by atoms with Crippen LogP contribution in [0.25, 0.3) is 11.4 Å². The van der Waals surface area contributed by atoms with E-state index in [4.69, 9.17) is 23.2 Å². The molecule has 20 heavy (non-hydrogen) atoms. The largest absolute Gasteiger partial charge is 0.468 e. The van der Waals surface area contributed by atoms with Crippen LogP contribution < -0.4 is 5.32 Å². The van der Waals surface area contributed by atoms with Crippen LogP contribution in [-0.2, 0) is 9.53 Å². The number of methoxy groups -OCH3 is 1. The van der Waals surface area contributed by atoms with E-state index in [2.05, 4.69) is 20.0 Å². The van der Waals surface area contributed by atoms with Crippen molar-refractivity contribution in [2.45, 2.75) is 0 Å². The maximum absolute atomic E-state index is 11.1. The van der Waals surface area contributed by atoms with Gasteiger partial charge in [-0.2, -0.15) is 0 Å². The van der Waals surface area contributed by atoms with Crippen LogP contribution in [0.2, 0.25) is 10.2 Å². The molecule has 0 aliphatic heterocycles. The molecule has 7 heteroatoms. The van der Waals surface area contributed by atoms with Gasteiger partial charge in [-0.15, -0.1) is 0 Å². The lowest BCUT2D eigenvalue weighted by molar-refractivity contribution is -0.138. The highest BCUT2D eigenvalue weighted by molar-refractivity contribution is 6.30. The van der Waals surface area contributed by atoms with E-state index in [0.717, 1.165) is 5.56 Å². The van der Waals surface area contributed by atoms with Gasteiger partial charge >= 0.3 is 5.97 Å². The topological polar surface area (TPSA) is 64.1 Å². The van der Waals surface area contributed by atoms with Gasteiger partial charge in [-0.1, -0.05) is 23.2 Å². The molecule has 0 fully saturated rings. The average Bonchev–Trinajstić information content (AvgIpc) is 2.45. The highest BCUT2D eigenvalue weighted by Gasteiger charge is 2.07. The van der Waals surface area contributed by atoms with Gasteiger partial charge in [-0.3, -0.25) is 4.79 Å². The molecule has 1 aromatic carbocycles. The molecular weight excluding hydrogens is 301 g/mol. The Morgan fingerprint density at radius 1 is 1.25 bits per heavy atom. The third-order valence-electron chi connectivity index (χ3n) is 2.44. The van der Waals surface area contributed by atoms with Crippen LogP contribution in [0.4, 0.5) is 5.82 Å². The van der Waals surface area contributed by atoms with E-state index in [-0.39, 0.29) is 11.7 Å². The zero-order valence-electron chi connectivity index (χ0n) is 10.6. The van der Waals surface area contributed by atoms with Crippen molar-refractivity contribution in [1.82, 2.24) is 9.97 Å². The van der Waals surface area contributed by atoms with Crippen LogP contribution in [0.15, 0.2) is 30.3 Å². The number of ether oxygens (including phenoxy) is 1. The number of hydrogen-bond donors (Lipinski definition) is 1. The average molecular weight is 312 g/mol. The minimum absolute atomic E-state index is 0.00387. The summed E-state index contributed by atoms with van der Waals surface area (Å²) in [4.78, 5) is 19.5. The fraction of sp³-hybridized carbons (Fsp3) is 0.154. The van der Waals surface area contributed by atoms with Crippen LogP contribution in [0.1, 0.15) is 0 Å². The molecule has 0 aliphatic rings. The summed E-state index contributed by atoms with van der Waals surface area (Å²) in [5, 5.41) is 3.72. The molecule has 1 aromatic heterocycles. The smallest absolute Gasteiger partial charge is 0.325 e. The molecule has 0 spiro atoms. The first kappa shape index (κ1) is 14.6. The van der Waals surface area contributed by atoms with E-state index in [1.165, 1.54) is 13.2 Å². The Bertz CT molecular complexity index is 618. The van der Waals surface area contributed by atoms with Gasteiger partial charge in [0.15, 0.2) is 5.82 Å². The first-order valence-corrected chi connectivity index (χ1v) is 6.45. The lowest BCUT2D eigenvalue weighted by Crippen LogP contribution is -2.16. The molecule has 0 saturated heterocycles. The van der Waals surface area contributed by atoms with Crippen LogP contribution in [0, 0.1) is 0 Å². The lowest BCUT2D eigenvalue weighted by atomic mass is 10.2. The number of aromatic nitrogens is 2. The number of carbonyl (C=O) groups is 1. The number of hydrogen-bond acceptors (Lipinski definition) is 5. The van der Waals surface area contributed by atoms with Crippen molar-refractivity contribution < 1.29 is 9.53 Å². The monoisotopic (exact) mass is 311 g/mol. The van der Waals surface area contributed by atoms with Gasteiger partial charge in [-0.05, 0) is 24.3 Å². The second-order valence-electron chi connectivity index (χ2n) is 3.84. The zero-order chi connectivity index (χ0) is 14.5. The van der Waals surface area contributed by atoms with E-state index < -0.39 is 5.97 Å². The molecular formula is C13H11Cl2N3O2. The third kappa shape index (κ3) is 3.82. The van der Waals surface area contributed by atoms with Gasteiger partial charge in [0, 0.05) is 16.7 Å². The summed E-state index contributed by atoms with van der Waals surface area (Å²) in [6.07, 6.45) is 0. The molecule has 1 heterocycles. The normalized spacial score (nSPS) is 10.2. The Kier molecular flexibility index (Phi) is 4.76. The number of esters is 1. The fourth-order valence-electron chi connectivity index (χ4n) is 1.47. The van der Waals surface area contributed by atoms with Gasteiger partial charge < -0.3 is 10.1 Å². The fourth-order valence-corrected chi connectivity index (χ4v) is 1.78. The van der Waals surface area contributed by atoms with Crippen molar-refractivity contribution in [1.29, 1.82) is 0 Å². The molecule has 0 atom stereocenters. The standard InChI is InChI=1S/C13H11Cl2N3O2/c1-20-12(19)7-16-11-6-10(15)17-13(18-11)8-2-4-9(14)5-3-8/h2-6H,7H2,1H3,(H,16,17,18). The predicted octanol–water partition coefficient (Wildman–Crippen LogP) is 3.04. The van der Waals surface area contributed by atoms with Crippen LogP contribution >= 0.6 is 23.2 Å². The van der Waals surface area contributed by atoms with E-state index in [1.54, 1.807) is 24.3 Å². The molecule has 2 aromatic rings. The van der Waals surface area contributed by atoms with E-state index in [9.17, 15) is 4.79 Å². The van der Waals surface area contributed by atoms with Crippen molar-refractivity contribution in [3.63, 3.8) is 0 Å². The minimum Gasteiger partial charge on any atom is -0.468 e. The molecule has 5 nitrogen and oxygen atoms in total. The number of halogens is 2. The molecule has 2 rings (SSSR count). The minimum atomic E-state index is -0.396. The van der Waals surface area contributed by atoms with Gasteiger partial charge in [-0.25, -0.2) is 9.97 Å². The van der Waals surface area contributed by atoms with E-state index >= 15 is 0 Å². The first-order chi connectivity index (χ1) is 9.58. The number of rotatable bonds is 4. The SMILES string of the molecule is COC(=O)CNc1cc(Cl)nc(-c2ccc(Cl)cc2)n1. The first-order valence-electron chi connectivity index (χ1n) is 5.69. The second kappa shape index (κ2) is 6.54. The number of benzene rings is 1. The Hall–Kier alpha value is -1.85. The van der Waals surface area contributed by atoms with Crippen molar-refractivity contribution >= 4 is 35.0 Å². The van der Waals surface area contributed by atoms with Crippen LogP contribution in [-0.4, -0.2) is 29.6 Å².